The lowest BCUT2D eigenvalue weighted by Gasteiger charge is -2.19. The molecule has 0 aliphatic heterocycles. The first kappa shape index (κ1) is 13.6. The third-order valence-electron chi connectivity index (χ3n) is 2.65. The zero-order valence-electron chi connectivity index (χ0n) is 9.71. The molecule has 0 radical (unpaired) electrons. The van der Waals surface area contributed by atoms with Crippen LogP contribution in [0.25, 0.3) is 0 Å². The van der Waals surface area contributed by atoms with Crippen LogP contribution in [0, 0.1) is 11.6 Å². The number of rotatable bonds is 4. The fraction of sp³-hybridized carbons (Fsp3) is 0.231. The molecule has 0 aliphatic carbocycles. The largest absolute Gasteiger partial charge is 0.306 e. The van der Waals surface area contributed by atoms with Crippen molar-refractivity contribution in [1.82, 2.24) is 5.32 Å². The molecular weight excluding hydrogens is 320 g/mol. The lowest BCUT2D eigenvalue weighted by Crippen LogP contribution is -2.24. The van der Waals surface area contributed by atoms with E-state index in [1.54, 1.807) is 0 Å². The molecule has 2 rings (SSSR count). The fourth-order valence-electron chi connectivity index (χ4n) is 1.86. The van der Waals surface area contributed by atoms with Crippen LogP contribution in [0.5, 0.6) is 0 Å². The highest BCUT2D eigenvalue weighted by atomic mass is 79.9. The molecule has 1 unspecified atom stereocenters. The van der Waals surface area contributed by atoms with E-state index in [2.05, 4.69) is 21.2 Å². The van der Waals surface area contributed by atoms with Crippen LogP contribution in [0.1, 0.15) is 24.1 Å². The van der Waals surface area contributed by atoms with Crippen molar-refractivity contribution in [3.8, 4) is 0 Å². The predicted octanol–water partition coefficient (Wildman–Crippen LogP) is 4.49. The molecule has 18 heavy (non-hydrogen) atoms. The highest BCUT2D eigenvalue weighted by molar-refractivity contribution is 9.10. The molecule has 0 saturated carbocycles. The Labute approximate surface area is 117 Å². The predicted molar refractivity (Wildman–Crippen MR) is 73.9 cm³/mol. The van der Waals surface area contributed by atoms with Gasteiger partial charge in [0.05, 0.1) is 6.04 Å². The molecule has 1 nitrogen and oxygen atoms in total. The maximum atomic E-state index is 13.9. The first-order valence-corrected chi connectivity index (χ1v) is 7.27. The van der Waals surface area contributed by atoms with E-state index in [1.165, 1.54) is 29.5 Å². The fourth-order valence-corrected chi connectivity index (χ4v) is 3.41. The van der Waals surface area contributed by atoms with Gasteiger partial charge in [-0.15, -0.1) is 0 Å². The molecular formula is C13H12BrF2NS. The Bertz CT molecular complexity index is 521. The van der Waals surface area contributed by atoms with E-state index in [9.17, 15) is 8.78 Å². The Hall–Kier alpha value is -0.780. The summed E-state index contributed by atoms with van der Waals surface area (Å²) in [7, 11) is 0. The topological polar surface area (TPSA) is 12.0 Å². The van der Waals surface area contributed by atoms with Crippen molar-refractivity contribution in [2.24, 2.45) is 0 Å². The van der Waals surface area contributed by atoms with Gasteiger partial charge in [-0.1, -0.05) is 13.0 Å². The van der Waals surface area contributed by atoms with Crippen LogP contribution in [0.2, 0.25) is 0 Å². The van der Waals surface area contributed by atoms with Crippen molar-refractivity contribution in [2.45, 2.75) is 13.0 Å². The SMILES string of the molecule is CCNC(c1cscc1Br)c1c(F)cccc1F. The Kier molecular flexibility index (Phi) is 4.48. The van der Waals surface area contributed by atoms with Gasteiger partial charge in [-0.2, -0.15) is 11.3 Å². The summed E-state index contributed by atoms with van der Waals surface area (Å²) < 4.78 is 28.6. The third kappa shape index (κ3) is 2.63. The van der Waals surface area contributed by atoms with Gasteiger partial charge >= 0.3 is 0 Å². The van der Waals surface area contributed by atoms with Crippen LogP contribution in [0.4, 0.5) is 8.78 Å². The smallest absolute Gasteiger partial charge is 0.131 e. The van der Waals surface area contributed by atoms with Gasteiger partial charge in [0.25, 0.3) is 0 Å². The van der Waals surface area contributed by atoms with Crippen molar-refractivity contribution in [3.63, 3.8) is 0 Å². The number of benzene rings is 1. The second-order valence-corrected chi connectivity index (χ2v) is 5.40. The van der Waals surface area contributed by atoms with Gasteiger partial charge in [-0.3, -0.25) is 0 Å². The number of nitrogens with one attached hydrogen (secondary N) is 1. The Morgan fingerprint density at radius 2 is 1.94 bits per heavy atom. The van der Waals surface area contributed by atoms with Crippen molar-refractivity contribution in [2.75, 3.05) is 6.54 Å². The van der Waals surface area contributed by atoms with E-state index in [-0.39, 0.29) is 5.56 Å². The molecule has 1 N–H and O–H groups in total. The van der Waals surface area contributed by atoms with Crippen molar-refractivity contribution < 1.29 is 8.78 Å². The summed E-state index contributed by atoms with van der Waals surface area (Å²) in [5.41, 5.74) is 0.921. The van der Waals surface area contributed by atoms with Crippen LogP contribution in [0.15, 0.2) is 33.4 Å². The average Bonchev–Trinajstić information content (AvgIpc) is 2.74. The van der Waals surface area contributed by atoms with E-state index in [0.29, 0.717) is 6.54 Å². The van der Waals surface area contributed by atoms with Gasteiger partial charge in [-0.25, -0.2) is 8.78 Å². The second kappa shape index (κ2) is 5.91. The summed E-state index contributed by atoms with van der Waals surface area (Å²) in [5, 5.41) is 6.91. The lowest BCUT2D eigenvalue weighted by atomic mass is 10.00. The third-order valence-corrected chi connectivity index (χ3v) is 4.40. The van der Waals surface area contributed by atoms with E-state index < -0.39 is 17.7 Å². The minimum atomic E-state index is -0.529. The molecule has 5 heteroatoms. The molecule has 0 fully saturated rings. The van der Waals surface area contributed by atoms with Crippen molar-refractivity contribution >= 4 is 27.3 Å². The summed E-state index contributed by atoms with van der Waals surface area (Å²) in [6, 6.07) is 3.46. The zero-order valence-corrected chi connectivity index (χ0v) is 12.1. The first-order valence-electron chi connectivity index (χ1n) is 5.54. The summed E-state index contributed by atoms with van der Waals surface area (Å²) in [6.45, 7) is 2.53. The monoisotopic (exact) mass is 331 g/mol. The quantitative estimate of drug-likeness (QED) is 0.870. The van der Waals surface area contributed by atoms with E-state index in [4.69, 9.17) is 0 Å². The summed E-state index contributed by atoms with van der Waals surface area (Å²) in [4.78, 5) is 0. The average molecular weight is 332 g/mol. The summed E-state index contributed by atoms with van der Waals surface area (Å²) in [5.74, 6) is -1.06. The second-order valence-electron chi connectivity index (χ2n) is 3.80. The number of hydrogen-bond donors (Lipinski definition) is 1. The van der Waals surface area contributed by atoms with Crippen LogP contribution in [-0.4, -0.2) is 6.54 Å². The van der Waals surface area contributed by atoms with Gasteiger partial charge in [0, 0.05) is 15.4 Å². The number of thiophene rings is 1. The number of hydrogen-bond acceptors (Lipinski definition) is 2. The molecule has 1 heterocycles. The molecule has 1 aromatic carbocycles. The number of halogens is 3. The van der Waals surface area contributed by atoms with Gasteiger partial charge in [0.1, 0.15) is 11.6 Å². The van der Waals surface area contributed by atoms with Crippen LogP contribution >= 0.6 is 27.3 Å². The van der Waals surface area contributed by atoms with Crippen LogP contribution in [-0.2, 0) is 0 Å². The Balaban J connectivity index is 2.52. The standard InChI is InChI=1S/C13H12BrF2NS/c1-2-17-13(8-6-18-7-9(8)14)12-10(15)4-3-5-11(12)16/h3-7,13,17H,2H2,1H3. The van der Waals surface area contributed by atoms with E-state index in [0.717, 1.165) is 10.0 Å². The van der Waals surface area contributed by atoms with Gasteiger partial charge < -0.3 is 5.32 Å². The van der Waals surface area contributed by atoms with E-state index >= 15 is 0 Å². The molecule has 96 valence electrons. The molecule has 0 amide bonds. The maximum absolute atomic E-state index is 13.9. The highest BCUT2D eigenvalue weighted by Crippen LogP contribution is 2.33. The first-order chi connectivity index (χ1) is 8.65. The molecule has 2 aromatic rings. The normalized spacial score (nSPS) is 12.7. The zero-order chi connectivity index (χ0) is 13.1. The summed E-state index contributed by atoms with van der Waals surface area (Å²) >= 11 is 4.90. The van der Waals surface area contributed by atoms with Gasteiger partial charge in [0.2, 0.25) is 0 Å². The van der Waals surface area contributed by atoms with Gasteiger partial charge in [-0.05, 0) is 45.6 Å². The molecule has 1 aromatic heterocycles. The van der Waals surface area contributed by atoms with Crippen molar-refractivity contribution in [1.29, 1.82) is 0 Å². The molecule has 0 aliphatic rings. The van der Waals surface area contributed by atoms with Crippen LogP contribution in [0.3, 0.4) is 0 Å². The Morgan fingerprint density at radius 1 is 1.28 bits per heavy atom. The van der Waals surface area contributed by atoms with Crippen molar-refractivity contribution in [3.05, 3.63) is 56.2 Å². The Morgan fingerprint density at radius 3 is 2.44 bits per heavy atom. The summed E-state index contributed by atoms with van der Waals surface area (Å²) in [6.07, 6.45) is 0. The molecule has 0 spiro atoms. The molecule has 1 atom stereocenters. The maximum Gasteiger partial charge on any atom is 0.131 e. The van der Waals surface area contributed by atoms with Gasteiger partial charge in [0.15, 0.2) is 0 Å². The molecule has 0 bridgehead atoms. The molecule has 0 saturated heterocycles. The minimum absolute atomic E-state index is 0.0680. The lowest BCUT2D eigenvalue weighted by molar-refractivity contribution is 0.510. The van der Waals surface area contributed by atoms with Crippen LogP contribution < -0.4 is 5.32 Å². The van der Waals surface area contributed by atoms with E-state index in [1.807, 2.05) is 17.7 Å². The highest BCUT2D eigenvalue weighted by Gasteiger charge is 2.23. The minimum Gasteiger partial charge on any atom is -0.306 e.